The van der Waals surface area contributed by atoms with Crippen molar-refractivity contribution in [3.8, 4) is 0 Å². The number of hydrogen-bond acceptors (Lipinski definition) is 3. The summed E-state index contributed by atoms with van der Waals surface area (Å²) >= 11 is 12.8. The maximum atomic E-state index is 13.5. The minimum absolute atomic E-state index is 0.0669. The minimum Gasteiger partial charge on any atom is -0.481 e. The maximum absolute atomic E-state index is 13.5. The standard InChI is InChI=1S/C23H25Cl2NO4/c1-23(2,3)13-26-18-9-8-14(24)12-16(18)21(15-6-4-5-7-17(15)25)30-19(22(26)29)10-11-20(27)28/h4-9,12,19,21H,10-11,13H2,1-3H3,(H,27,28)/t19-,21-/m0/s1. The number of halogens is 2. The van der Waals surface area contributed by atoms with Crippen LogP contribution >= 0.6 is 23.2 Å². The highest BCUT2D eigenvalue weighted by atomic mass is 35.5. The van der Waals surface area contributed by atoms with E-state index in [0.717, 1.165) is 5.56 Å². The molecule has 0 aliphatic carbocycles. The van der Waals surface area contributed by atoms with Gasteiger partial charge in [-0.3, -0.25) is 9.59 Å². The summed E-state index contributed by atoms with van der Waals surface area (Å²) in [6.45, 7) is 6.57. The number of ether oxygens (including phenoxy) is 1. The largest absolute Gasteiger partial charge is 0.481 e. The number of carbonyl (C=O) groups excluding carboxylic acids is 1. The first kappa shape index (κ1) is 22.6. The lowest BCUT2D eigenvalue weighted by Gasteiger charge is -2.31. The van der Waals surface area contributed by atoms with Gasteiger partial charge in [-0.15, -0.1) is 0 Å². The van der Waals surface area contributed by atoms with Gasteiger partial charge in [0.15, 0.2) is 0 Å². The van der Waals surface area contributed by atoms with Crippen LogP contribution in [0.25, 0.3) is 0 Å². The number of anilines is 1. The second-order valence-electron chi connectivity index (χ2n) is 8.65. The number of nitrogens with zero attached hydrogens (tertiary/aromatic N) is 1. The quantitative estimate of drug-likeness (QED) is 0.632. The number of carbonyl (C=O) groups is 2. The van der Waals surface area contributed by atoms with Crippen LogP contribution in [0.3, 0.4) is 0 Å². The highest BCUT2D eigenvalue weighted by Gasteiger charge is 2.38. The summed E-state index contributed by atoms with van der Waals surface area (Å²) in [6.07, 6.45) is -1.68. The van der Waals surface area contributed by atoms with Crippen LogP contribution in [0.1, 0.15) is 50.8 Å². The van der Waals surface area contributed by atoms with Crippen LogP contribution in [0.2, 0.25) is 10.0 Å². The fraction of sp³-hybridized carbons (Fsp3) is 0.391. The molecule has 0 saturated carbocycles. The average molecular weight is 450 g/mol. The summed E-state index contributed by atoms with van der Waals surface area (Å²) in [7, 11) is 0. The van der Waals surface area contributed by atoms with Crippen molar-refractivity contribution in [2.24, 2.45) is 5.41 Å². The summed E-state index contributed by atoms with van der Waals surface area (Å²) in [6, 6.07) is 12.6. The number of aliphatic carboxylic acids is 1. The maximum Gasteiger partial charge on any atom is 0.303 e. The monoisotopic (exact) mass is 449 g/mol. The number of hydrogen-bond donors (Lipinski definition) is 1. The van der Waals surface area contributed by atoms with Crippen LogP contribution in [0.5, 0.6) is 0 Å². The van der Waals surface area contributed by atoms with Gasteiger partial charge in [-0.05, 0) is 36.1 Å². The summed E-state index contributed by atoms with van der Waals surface area (Å²) in [5.74, 6) is -1.24. The average Bonchev–Trinajstić information content (AvgIpc) is 2.75. The van der Waals surface area contributed by atoms with Crippen molar-refractivity contribution in [3.63, 3.8) is 0 Å². The number of amides is 1. The van der Waals surface area contributed by atoms with Crippen molar-refractivity contribution in [1.82, 2.24) is 0 Å². The Labute approximate surface area is 186 Å². The Kier molecular flexibility index (Phi) is 6.75. The first-order valence-corrected chi connectivity index (χ1v) is 10.5. The highest BCUT2D eigenvalue weighted by molar-refractivity contribution is 6.31. The van der Waals surface area contributed by atoms with E-state index in [1.807, 2.05) is 45.0 Å². The summed E-state index contributed by atoms with van der Waals surface area (Å²) in [5.41, 5.74) is 1.94. The van der Waals surface area contributed by atoms with Gasteiger partial charge >= 0.3 is 5.97 Å². The molecule has 1 heterocycles. The van der Waals surface area contributed by atoms with Crippen molar-refractivity contribution in [2.45, 2.75) is 45.8 Å². The molecule has 1 aliphatic heterocycles. The summed E-state index contributed by atoms with van der Waals surface area (Å²) in [5, 5.41) is 10.2. The molecule has 0 radical (unpaired) electrons. The van der Waals surface area contributed by atoms with Gasteiger partial charge in [0, 0.05) is 39.8 Å². The molecule has 0 aromatic heterocycles. The normalized spacial score (nSPS) is 19.4. The van der Waals surface area contributed by atoms with Crippen LogP contribution in [-0.2, 0) is 14.3 Å². The van der Waals surface area contributed by atoms with Gasteiger partial charge in [-0.25, -0.2) is 0 Å². The van der Waals surface area contributed by atoms with Gasteiger partial charge in [0.2, 0.25) is 0 Å². The van der Waals surface area contributed by atoms with E-state index in [2.05, 4.69) is 0 Å². The second-order valence-corrected chi connectivity index (χ2v) is 9.49. The first-order valence-electron chi connectivity index (χ1n) is 9.79. The number of fused-ring (bicyclic) bond motifs is 1. The van der Waals surface area contributed by atoms with E-state index < -0.39 is 18.2 Å². The molecule has 0 fully saturated rings. The van der Waals surface area contributed by atoms with Gasteiger partial charge in [0.1, 0.15) is 12.2 Å². The van der Waals surface area contributed by atoms with E-state index in [4.69, 9.17) is 27.9 Å². The van der Waals surface area contributed by atoms with Crippen molar-refractivity contribution in [3.05, 3.63) is 63.6 Å². The Morgan fingerprint density at radius 1 is 1.13 bits per heavy atom. The Bertz CT molecular complexity index is 954. The lowest BCUT2D eigenvalue weighted by molar-refractivity contribution is -0.139. The van der Waals surface area contributed by atoms with E-state index in [1.165, 1.54) is 0 Å². The molecule has 1 N–H and O–H groups in total. The van der Waals surface area contributed by atoms with E-state index in [-0.39, 0.29) is 24.2 Å². The third-order valence-electron chi connectivity index (χ3n) is 4.85. The molecular formula is C23H25Cl2NO4. The molecule has 5 nitrogen and oxygen atoms in total. The summed E-state index contributed by atoms with van der Waals surface area (Å²) in [4.78, 5) is 26.4. The zero-order valence-corrected chi connectivity index (χ0v) is 18.7. The van der Waals surface area contributed by atoms with Crippen LogP contribution < -0.4 is 4.90 Å². The van der Waals surface area contributed by atoms with Crippen molar-refractivity contribution in [1.29, 1.82) is 0 Å². The topological polar surface area (TPSA) is 66.8 Å². The second kappa shape index (κ2) is 8.96. The summed E-state index contributed by atoms with van der Waals surface area (Å²) < 4.78 is 6.27. The molecule has 3 rings (SSSR count). The predicted octanol–water partition coefficient (Wildman–Crippen LogP) is 5.73. The molecule has 2 aromatic carbocycles. The molecule has 30 heavy (non-hydrogen) atoms. The molecule has 2 aromatic rings. The molecule has 160 valence electrons. The SMILES string of the molecule is CC(C)(C)CN1C(=O)[C@H](CCC(=O)O)O[C@@H](c2ccccc2Cl)c2cc(Cl)ccc21. The molecule has 0 unspecified atom stereocenters. The zero-order chi connectivity index (χ0) is 22.1. The van der Waals surface area contributed by atoms with Gasteiger partial charge < -0.3 is 14.7 Å². The third kappa shape index (κ3) is 5.15. The lowest BCUT2D eigenvalue weighted by Crippen LogP contribution is -2.43. The van der Waals surface area contributed by atoms with Gasteiger partial charge in [-0.1, -0.05) is 62.2 Å². The van der Waals surface area contributed by atoms with E-state index in [9.17, 15) is 14.7 Å². The third-order valence-corrected chi connectivity index (χ3v) is 5.42. The molecule has 1 amide bonds. The van der Waals surface area contributed by atoms with Crippen molar-refractivity contribution < 1.29 is 19.4 Å². The van der Waals surface area contributed by atoms with E-state index in [1.54, 1.807) is 23.1 Å². The highest BCUT2D eigenvalue weighted by Crippen LogP contribution is 2.42. The zero-order valence-electron chi connectivity index (χ0n) is 17.2. The van der Waals surface area contributed by atoms with E-state index in [0.29, 0.717) is 27.8 Å². The van der Waals surface area contributed by atoms with E-state index >= 15 is 0 Å². The van der Waals surface area contributed by atoms with Gasteiger partial charge in [0.05, 0.1) is 0 Å². The van der Waals surface area contributed by atoms with Gasteiger partial charge in [-0.2, -0.15) is 0 Å². The molecule has 7 heteroatoms. The number of carboxylic acid groups (broad SMARTS) is 1. The number of carboxylic acids is 1. The van der Waals surface area contributed by atoms with Gasteiger partial charge in [0.25, 0.3) is 5.91 Å². The Hall–Kier alpha value is -2.08. The Balaban J connectivity index is 2.17. The molecular weight excluding hydrogens is 425 g/mol. The van der Waals surface area contributed by atoms with Crippen molar-refractivity contribution in [2.75, 3.05) is 11.4 Å². The fourth-order valence-corrected chi connectivity index (χ4v) is 4.00. The Morgan fingerprint density at radius 2 is 1.83 bits per heavy atom. The smallest absolute Gasteiger partial charge is 0.303 e. The number of rotatable bonds is 5. The fourth-order valence-electron chi connectivity index (χ4n) is 3.58. The Morgan fingerprint density at radius 3 is 2.47 bits per heavy atom. The van der Waals surface area contributed by atoms with Crippen LogP contribution in [0, 0.1) is 5.41 Å². The molecule has 0 spiro atoms. The molecule has 2 atom stereocenters. The molecule has 1 aliphatic rings. The minimum atomic E-state index is -0.979. The van der Waals surface area contributed by atoms with Crippen LogP contribution in [0.15, 0.2) is 42.5 Å². The number of benzene rings is 2. The first-order chi connectivity index (χ1) is 14.1. The van der Waals surface area contributed by atoms with Crippen LogP contribution in [0.4, 0.5) is 5.69 Å². The predicted molar refractivity (Wildman–Crippen MR) is 118 cm³/mol. The molecule has 0 bridgehead atoms. The molecule has 0 saturated heterocycles. The van der Waals surface area contributed by atoms with Crippen molar-refractivity contribution >= 4 is 40.8 Å². The van der Waals surface area contributed by atoms with Crippen LogP contribution in [-0.4, -0.2) is 29.6 Å². The lowest BCUT2D eigenvalue weighted by atomic mass is 9.94.